The summed E-state index contributed by atoms with van der Waals surface area (Å²) in [6.45, 7) is 0.323. The summed E-state index contributed by atoms with van der Waals surface area (Å²) in [5.41, 5.74) is 2.48. The van der Waals surface area contributed by atoms with Crippen LogP contribution in [0.2, 0.25) is 0 Å². The van der Waals surface area contributed by atoms with Gasteiger partial charge in [-0.25, -0.2) is 9.78 Å². The van der Waals surface area contributed by atoms with Crippen molar-refractivity contribution < 1.29 is 19.1 Å². The zero-order valence-electron chi connectivity index (χ0n) is 15.2. The van der Waals surface area contributed by atoms with Gasteiger partial charge in [0.05, 0.1) is 10.2 Å². The molecule has 1 amide bonds. The van der Waals surface area contributed by atoms with Gasteiger partial charge in [0.15, 0.2) is 22.6 Å². The Morgan fingerprint density at radius 2 is 1.86 bits per heavy atom. The van der Waals surface area contributed by atoms with Crippen molar-refractivity contribution >= 4 is 33.4 Å². The minimum Gasteiger partial charge on any atom is -0.479 e. The number of aliphatic carboxylic acids is 1. The van der Waals surface area contributed by atoms with Gasteiger partial charge >= 0.3 is 5.97 Å². The molecule has 4 aromatic rings. The lowest BCUT2D eigenvalue weighted by Crippen LogP contribution is -2.43. The summed E-state index contributed by atoms with van der Waals surface area (Å²) in [5, 5.41) is 10.5. The van der Waals surface area contributed by atoms with E-state index in [1.807, 2.05) is 36.4 Å². The first-order chi connectivity index (χ1) is 14.1. The second kappa shape index (κ2) is 6.86. The van der Waals surface area contributed by atoms with Gasteiger partial charge in [0.2, 0.25) is 0 Å². The van der Waals surface area contributed by atoms with E-state index in [0.717, 1.165) is 15.8 Å². The molecule has 7 heteroatoms. The summed E-state index contributed by atoms with van der Waals surface area (Å²) >= 11 is 1.48. The van der Waals surface area contributed by atoms with Crippen LogP contribution in [0.3, 0.4) is 0 Å². The van der Waals surface area contributed by atoms with Crippen LogP contribution in [0.5, 0.6) is 0 Å². The van der Waals surface area contributed by atoms with E-state index in [2.05, 4.69) is 4.98 Å². The van der Waals surface area contributed by atoms with Crippen LogP contribution >= 0.6 is 11.3 Å². The number of benzene rings is 2. The maximum Gasteiger partial charge on any atom is 0.331 e. The number of thiazole rings is 1. The van der Waals surface area contributed by atoms with E-state index in [0.29, 0.717) is 29.3 Å². The Morgan fingerprint density at radius 1 is 1.07 bits per heavy atom. The molecule has 1 aliphatic rings. The number of furan rings is 1. The van der Waals surface area contributed by atoms with Gasteiger partial charge in [-0.2, -0.15) is 0 Å². The lowest BCUT2D eigenvalue weighted by molar-refractivity contribution is -0.143. The molecule has 0 saturated heterocycles. The standard InChI is InChI=1S/C22H16N2O4S/c25-21(24-12-11-13-5-1-2-6-14(13)19(24)22(26)27)17-10-9-16(28-17)20-23-15-7-3-4-8-18(15)29-20/h1-10,19H,11-12H2,(H,26,27)/t19-/m0/s1. The van der Waals surface area contributed by atoms with E-state index < -0.39 is 17.9 Å². The Bertz CT molecular complexity index is 1210. The second-order valence-corrected chi connectivity index (χ2v) is 7.87. The Hall–Kier alpha value is -3.45. The van der Waals surface area contributed by atoms with Crippen molar-refractivity contribution in [1.29, 1.82) is 0 Å². The van der Waals surface area contributed by atoms with Gasteiger partial charge in [0.1, 0.15) is 0 Å². The van der Waals surface area contributed by atoms with Crippen LogP contribution in [0.1, 0.15) is 27.7 Å². The van der Waals surface area contributed by atoms with Crippen molar-refractivity contribution in [2.45, 2.75) is 12.5 Å². The van der Waals surface area contributed by atoms with Gasteiger partial charge in [-0.05, 0) is 41.8 Å². The first kappa shape index (κ1) is 17.6. The van der Waals surface area contributed by atoms with Crippen LogP contribution < -0.4 is 0 Å². The summed E-state index contributed by atoms with van der Waals surface area (Å²) in [6.07, 6.45) is 0.608. The van der Waals surface area contributed by atoms with Crippen LogP contribution in [-0.2, 0) is 11.2 Å². The number of nitrogens with zero attached hydrogens (tertiary/aromatic N) is 2. The van der Waals surface area contributed by atoms with Gasteiger partial charge in [0, 0.05) is 6.54 Å². The minimum absolute atomic E-state index is 0.116. The summed E-state index contributed by atoms with van der Waals surface area (Å²) < 4.78 is 6.83. The molecule has 0 unspecified atom stereocenters. The molecule has 1 N–H and O–H groups in total. The van der Waals surface area contributed by atoms with E-state index in [1.54, 1.807) is 24.3 Å². The molecule has 1 aliphatic heterocycles. The minimum atomic E-state index is -1.05. The van der Waals surface area contributed by atoms with Crippen LogP contribution in [0.15, 0.2) is 65.1 Å². The maximum atomic E-state index is 13.1. The molecule has 5 rings (SSSR count). The maximum absolute atomic E-state index is 13.1. The predicted molar refractivity (Wildman–Crippen MR) is 109 cm³/mol. The molecule has 144 valence electrons. The SMILES string of the molecule is O=C(O)[C@@H]1c2ccccc2CCN1C(=O)c1ccc(-c2nc3ccccc3s2)o1. The zero-order chi connectivity index (χ0) is 20.0. The number of fused-ring (bicyclic) bond motifs is 2. The fourth-order valence-corrected chi connectivity index (χ4v) is 4.67. The largest absolute Gasteiger partial charge is 0.479 e. The highest BCUT2D eigenvalue weighted by molar-refractivity contribution is 7.21. The molecule has 0 aliphatic carbocycles. The van der Waals surface area contributed by atoms with E-state index in [-0.39, 0.29) is 5.76 Å². The van der Waals surface area contributed by atoms with Crippen molar-refractivity contribution in [1.82, 2.24) is 9.88 Å². The normalized spacial score (nSPS) is 16.0. The zero-order valence-corrected chi connectivity index (χ0v) is 16.1. The van der Waals surface area contributed by atoms with Gasteiger partial charge in [-0.1, -0.05) is 36.4 Å². The monoisotopic (exact) mass is 404 g/mol. The van der Waals surface area contributed by atoms with Crippen LogP contribution in [0, 0.1) is 0 Å². The highest BCUT2D eigenvalue weighted by Crippen LogP contribution is 2.34. The van der Waals surface area contributed by atoms with Crippen LogP contribution in [0.4, 0.5) is 0 Å². The number of para-hydroxylation sites is 1. The molecule has 0 saturated carbocycles. The topological polar surface area (TPSA) is 83.6 Å². The highest BCUT2D eigenvalue weighted by atomic mass is 32.1. The molecule has 1 atom stereocenters. The number of carboxylic acid groups (broad SMARTS) is 1. The molecular weight excluding hydrogens is 388 g/mol. The molecule has 3 heterocycles. The van der Waals surface area contributed by atoms with E-state index in [9.17, 15) is 14.7 Å². The second-order valence-electron chi connectivity index (χ2n) is 6.84. The average molecular weight is 404 g/mol. The Morgan fingerprint density at radius 3 is 2.69 bits per heavy atom. The number of carbonyl (C=O) groups excluding carboxylic acids is 1. The van der Waals surface area contributed by atoms with Crippen LogP contribution in [0.25, 0.3) is 21.0 Å². The third kappa shape index (κ3) is 3.00. The number of hydrogen-bond acceptors (Lipinski definition) is 5. The molecule has 0 bridgehead atoms. The molecule has 29 heavy (non-hydrogen) atoms. The summed E-state index contributed by atoms with van der Waals surface area (Å²) in [7, 11) is 0. The highest BCUT2D eigenvalue weighted by Gasteiger charge is 2.37. The Kier molecular flexibility index (Phi) is 4.17. The quantitative estimate of drug-likeness (QED) is 0.548. The predicted octanol–water partition coefficient (Wildman–Crippen LogP) is 4.38. The van der Waals surface area contributed by atoms with Gasteiger partial charge < -0.3 is 14.4 Å². The number of amides is 1. The smallest absolute Gasteiger partial charge is 0.331 e. The fraction of sp³-hybridized carbons (Fsp3) is 0.136. The van der Waals surface area contributed by atoms with Crippen molar-refractivity contribution in [2.75, 3.05) is 6.54 Å². The number of hydrogen-bond donors (Lipinski definition) is 1. The molecule has 6 nitrogen and oxygen atoms in total. The lowest BCUT2D eigenvalue weighted by atomic mass is 9.92. The third-order valence-electron chi connectivity index (χ3n) is 5.10. The fourth-order valence-electron chi connectivity index (χ4n) is 3.74. The average Bonchev–Trinajstić information content (AvgIpc) is 3.39. The summed E-state index contributed by atoms with van der Waals surface area (Å²) in [4.78, 5) is 31.0. The third-order valence-corrected chi connectivity index (χ3v) is 6.15. The van der Waals surface area contributed by atoms with Crippen molar-refractivity contribution in [2.24, 2.45) is 0 Å². The van der Waals surface area contributed by atoms with Crippen molar-refractivity contribution in [3.8, 4) is 10.8 Å². The Balaban J connectivity index is 1.47. The number of rotatable bonds is 3. The van der Waals surface area contributed by atoms with Crippen molar-refractivity contribution in [3.05, 3.63) is 77.6 Å². The first-order valence-corrected chi connectivity index (χ1v) is 10.0. The van der Waals surface area contributed by atoms with Crippen LogP contribution in [-0.4, -0.2) is 33.4 Å². The number of carboxylic acids is 1. The Labute approximate surface area is 170 Å². The summed E-state index contributed by atoms with van der Waals surface area (Å²) in [5.74, 6) is -0.869. The molecular formula is C22H16N2O4S. The van der Waals surface area contributed by atoms with Gasteiger partial charge in [-0.15, -0.1) is 11.3 Å². The van der Waals surface area contributed by atoms with E-state index in [4.69, 9.17) is 4.42 Å². The van der Waals surface area contributed by atoms with Gasteiger partial charge in [-0.3, -0.25) is 4.79 Å². The molecule has 0 radical (unpaired) electrons. The molecule has 0 fully saturated rings. The first-order valence-electron chi connectivity index (χ1n) is 9.19. The van der Waals surface area contributed by atoms with E-state index >= 15 is 0 Å². The summed E-state index contributed by atoms with van der Waals surface area (Å²) in [6, 6.07) is 17.4. The van der Waals surface area contributed by atoms with E-state index in [1.165, 1.54) is 16.2 Å². The number of aromatic nitrogens is 1. The van der Waals surface area contributed by atoms with Gasteiger partial charge in [0.25, 0.3) is 5.91 Å². The molecule has 0 spiro atoms. The number of carbonyl (C=O) groups is 2. The molecule has 2 aromatic carbocycles. The van der Waals surface area contributed by atoms with Crippen molar-refractivity contribution in [3.63, 3.8) is 0 Å². The lowest BCUT2D eigenvalue weighted by Gasteiger charge is -2.34. The molecule has 2 aromatic heterocycles.